The molecule has 12 heavy (non-hydrogen) atoms. The summed E-state index contributed by atoms with van der Waals surface area (Å²) in [6.07, 6.45) is 1.69. The van der Waals surface area contributed by atoms with Crippen molar-refractivity contribution in [2.24, 2.45) is 0 Å². The summed E-state index contributed by atoms with van der Waals surface area (Å²) in [5, 5.41) is 1.17. The molecule has 1 heterocycles. The van der Waals surface area contributed by atoms with Crippen molar-refractivity contribution in [3.05, 3.63) is 36.1 Å². The van der Waals surface area contributed by atoms with Crippen molar-refractivity contribution in [3.8, 4) is 0 Å². The van der Waals surface area contributed by atoms with E-state index >= 15 is 0 Å². The van der Waals surface area contributed by atoms with Gasteiger partial charge in [0.25, 0.3) is 0 Å². The van der Waals surface area contributed by atoms with E-state index in [1.165, 1.54) is 0 Å². The van der Waals surface area contributed by atoms with E-state index in [1.54, 1.807) is 6.26 Å². The van der Waals surface area contributed by atoms with Gasteiger partial charge in [-0.3, -0.25) is 0 Å². The highest BCUT2D eigenvalue weighted by molar-refractivity contribution is 6.20. The van der Waals surface area contributed by atoms with Gasteiger partial charge >= 0.3 is 0 Å². The second kappa shape index (κ2) is 2.83. The van der Waals surface area contributed by atoms with E-state index in [4.69, 9.17) is 16.0 Å². The minimum atomic E-state index is 0.0595. The summed E-state index contributed by atoms with van der Waals surface area (Å²) in [4.78, 5) is 0. The SMILES string of the molecule is CC(Cl)c1ccc2occc2c1. The van der Waals surface area contributed by atoms with Gasteiger partial charge in [-0.2, -0.15) is 0 Å². The summed E-state index contributed by atoms with van der Waals surface area (Å²) in [7, 11) is 0. The van der Waals surface area contributed by atoms with E-state index < -0.39 is 0 Å². The predicted octanol–water partition coefficient (Wildman–Crippen LogP) is 3.73. The van der Waals surface area contributed by atoms with Crippen LogP contribution in [0.4, 0.5) is 0 Å². The zero-order chi connectivity index (χ0) is 8.55. The van der Waals surface area contributed by atoms with Gasteiger partial charge in [0.15, 0.2) is 0 Å². The Kier molecular flexibility index (Phi) is 1.81. The van der Waals surface area contributed by atoms with Gasteiger partial charge < -0.3 is 4.42 Å². The summed E-state index contributed by atoms with van der Waals surface area (Å²) in [5.41, 5.74) is 2.04. The molecule has 2 rings (SSSR count). The normalized spacial score (nSPS) is 13.5. The molecule has 0 bridgehead atoms. The lowest BCUT2D eigenvalue weighted by molar-refractivity contribution is 0.616. The monoisotopic (exact) mass is 180 g/mol. The summed E-state index contributed by atoms with van der Waals surface area (Å²) >= 11 is 5.94. The van der Waals surface area contributed by atoms with Crippen LogP contribution in [-0.2, 0) is 0 Å². The molecule has 0 aliphatic heterocycles. The Morgan fingerprint density at radius 2 is 2.17 bits per heavy atom. The van der Waals surface area contributed by atoms with Gasteiger partial charge in [-0.15, -0.1) is 11.6 Å². The minimum Gasteiger partial charge on any atom is -0.464 e. The lowest BCUT2D eigenvalue weighted by atomic mass is 10.1. The number of rotatable bonds is 1. The van der Waals surface area contributed by atoms with Crippen LogP contribution in [0.5, 0.6) is 0 Å². The predicted molar refractivity (Wildman–Crippen MR) is 50.5 cm³/mol. The van der Waals surface area contributed by atoms with Crippen LogP contribution in [0.1, 0.15) is 17.9 Å². The largest absolute Gasteiger partial charge is 0.464 e. The zero-order valence-electron chi connectivity index (χ0n) is 6.75. The smallest absolute Gasteiger partial charge is 0.133 e. The van der Waals surface area contributed by atoms with Gasteiger partial charge in [0.1, 0.15) is 5.58 Å². The average molecular weight is 181 g/mol. The number of benzene rings is 1. The van der Waals surface area contributed by atoms with Crippen molar-refractivity contribution in [2.45, 2.75) is 12.3 Å². The molecule has 2 heteroatoms. The van der Waals surface area contributed by atoms with Gasteiger partial charge in [0.05, 0.1) is 11.6 Å². The van der Waals surface area contributed by atoms with Gasteiger partial charge in [0, 0.05) is 5.39 Å². The van der Waals surface area contributed by atoms with Crippen molar-refractivity contribution in [1.29, 1.82) is 0 Å². The molecule has 0 saturated heterocycles. The van der Waals surface area contributed by atoms with Crippen molar-refractivity contribution < 1.29 is 4.42 Å². The first-order valence-corrected chi connectivity index (χ1v) is 4.32. The van der Waals surface area contributed by atoms with E-state index in [9.17, 15) is 0 Å². The molecule has 0 aliphatic rings. The maximum atomic E-state index is 5.94. The zero-order valence-corrected chi connectivity index (χ0v) is 7.51. The number of fused-ring (bicyclic) bond motifs is 1. The fourth-order valence-electron chi connectivity index (χ4n) is 1.23. The molecule has 0 N–H and O–H groups in total. The maximum absolute atomic E-state index is 5.94. The van der Waals surface area contributed by atoms with E-state index in [2.05, 4.69) is 6.07 Å². The average Bonchev–Trinajstić information content (AvgIpc) is 2.49. The van der Waals surface area contributed by atoms with Crippen LogP contribution in [0.15, 0.2) is 34.9 Å². The third-order valence-electron chi connectivity index (χ3n) is 1.94. The Hall–Kier alpha value is -0.950. The summed E-state index contributed by atoms with van der Waals surface area (Å²) in [5.74, 6) is 0. The molecule has 0 fully saturated rings. The fraction of sp³-hybridized carbons (Fsp3) is 0.200. The van der Waals surface area contributed by atoms with Crippen LogP contribution in [0, 0.1) is 0 Å². The first-order chi connectivity index (χ1) is 5.77. The quantitative estimate of drug-likeness (QED) is 0.610. The van der Waals surface area contributed by atoms with Gasteiger partial charge in [0.2, 0.25) is 0 Å². The molecular weight excluding hydrogens is 172 g/mol. The highest BCUT2D eigenvalue weighted by atomic mass is 35.5. The molecule has 62 valence electrons. The Labute approximate surface area is 75.9 Å². The van der Waals surface area contributed by atoms with Gasteiger partial charge in [-0.25, -0.2) is 0 Å². The van der Waals surface area contributed by atoms with Gasteiger partial charge in [-0.05, 0) is 30.7 Å². The van der Waals surface area contributed by atoms with Crippen LogP contribution in [0.3, 0.4) is 0 Å². The first-order valence-electron chi connectivity index (χ1n) is 3.88. The first kappa shape index (κ1) is 7.69. The number of hydrogen-bond acceptors (Lipinski definition) is 1. The molecule has 1 nitrogen and oxygen atoms in total. The van der Waals surface area contributed by atoms with E-state index in [0.717, 1.165) is 16.5 Å². The topological polar surface area (TPSA) is 13.1 Å². The van der Waals surface area contributed by atoms with E-state index in [1.807, 2.05) is 25.1 Å². The van der Waals surface area contributed by atoms with Crippen molar-refractivity contribution in [2.75, 3.05) is 0 Å². The van der Waals surface area contributed by atoms with Crippen LogP contribution < -0.4 is 0 Å². The molecule has 0 radical (unpaired) electrons. The van der Waals surface area contributed by atoms with E-state index in [0.29, 0.717) is 0 Å². The Bertz CT molecular complexity index is 389. The van der Waals surface area contributed by atoms with Crippen molar-refractivity contribution in [1.82, 2.24) is 0 Å². The lowest BCUT2D eigenvalue weighted by Gasteiger charge is -2.01. The molecule has 1 aromatic carbocycles. The molecule has 0 aliphatic carbocycles. The van der Waals surface area contributed by atoms with Crippen LogP contribution in [-0.4, -0.2) is 0 Å². The van der Waals surface area contributed by atoms with Gasteiger partial charge in [-0.1, -0.05) is 6.07 Å². The second-order valence-corrected chi connectivity index (χ2v) is 3.49. The summed E-state index contributed by atoms with van der Waals surface area (Å²) in [6.45, 7) is 1.96. The van der Waals surface area contributed by atoms with Crippen molar-refractivity contribution in [3.63, 3.8) is 0 Å². The van der Waals surface area contributed by atoms with Crippen LogP contribution >= 0.6 is 11.6 Å². The summed E-state index contributed by atoms with van der Waals surface area (Å²) in [6, 6.07) is 7.93. The molecule has 1 unspecified atom stereocenters. The van der Waals surface area contributed by atoms with E-state index in [-0.39, 0.29) is 5.38 Å². The molecule has 1 aromatic heterocycles. The van der Waals surface area contributed by atoms with Crippen LogP contribution in [0.25, 0.3) is 11.0 Å². The molecular formula is C10H9ClO. The molecule has 1 atom stereocenters. The van der Waals surface area contributed by atoms with Crippen molar-refractivity contribution >= 4 is 22.6 Å². The third kappa shape index (κ3) is 1.21. The summed E-state index contributed by atoms with van der Waals surface area (Å²) < 4.78 is 5.21. The number of furan rings is 1. The molecule has 2 aromatic rings. The molecule has 0 amide bonds. The number of alkyl halides is 1. The fourth-order valence-corrected chi connectivity index (χ4v) is 1.37. The third-order valence-corrected chi connectivity index (χ3v) is 2.19. The molecule has 0 spiro atoms. The van der Waals surface area contributed by atoms with Crippen LogP contribution in [0.2, 0.25) is 0 Å². The molecule has 0 saturated carbocycles. The Balaban J connectivity index is 2.60. The number of halogens is 1. The highest BCUT2D eigenvalue weighted by Gasteiger charge is 2.02. The second-order valence-electron chi connectivity index (χ2n) is 2.83. The standard InChI is InChI=1S/C10H9ClO/c1-7(11)8-2-3-10-9(6-8)4-5-12-10/h2-7H,1H3. The number of hydrogen-bond donors (Lipinski definition) is 0. The lowest BCUT2D eigenvalue weighted by Crippen LogP contribution is -1.81. The maximum Gasteiger partial charge on any atom is 0.133 e. The Morgan fingerprint density at radius 3 is 2.92 bits per heavy atom. The Morgan fingerprint density at radius 1 is 1.33 bits per heavy atom. The minimum absolute atomic E-state index is 0.0595. The highest BCUT2D eigenvalue weighted by Crippen LogP contribution is 2.24.